The van der Waals surface area contributed by atoms with Crippen molar-refractivity contribution in [2.24, 2.45) is 0 Å². The first-order valence-electron chi connectivity index (χ1n) is 7.54. The first-order valence-corrected chi connectivity index (χ1v) is 7.54. The van der Waals surface area contributed by atoms with Gasteiger partial charge in [0, 0.05) is 0 Å². The van der Waals surface area contributed by atoms with E-state index >= 15 is 0 Å². The van der Waals surface area contributed by atoms with Gasteiger partial charge in [-0.3, -0.25) is 0 Å². The number of ether oxygens (including phenoxy) is 1. The second-order valence-electron chi connectivity index (χ2n) is 6.61. The fraction of sp³-hybridized carbons (Fsp3) is 0.333. The predicted octanol–water partition coefficient (Wildman–Crippen LogP) is 3.63. The smallest absolute Gasteiger partial charge is 0.442 e. The summed E-state index contributed by atoms with van der Waals surface area (Å²) in [6, 6.07) is 13.7. The molecule has 2 aromatic carbocycles. The molecule has 0 radical (unpaired) electrons. The van der Waals surface area contributed by atoms with Crippen molar-refractivity contribution in [3.8, 4) is 0 Å². The van der Waals surface area contributed by atoms with E-state index in [0.717, 1.165) is 21.4 Å². The molecule has 5 nitrogen and oxygen atoms in total. The third kappa shape index (κ3) is 3.28. The second kappa shape index (κ2) is 5.57. The van der Waals surface area contributed by atoms with E-state index in [2.05, 4.69) is 0 Å². The number of rotatable bonds is 1. The Labute approximate surface area is 134 Å². The quantitative estimate of drug-likeness (QED) is 0.806. The summed E-state index contributed by atoms with van der Waals surface area (Å²) in [5, 5.41) is 3.15. The Hall–Kier alpha value is -2.56. The van der Waals surface area contributed by atoms with Crippen LogP contribution in [0, 0.1) is 0 Å². The van der Waals surface area contributed by atoms with E-state index in [9.17, 15) is 9.59 Å². The van der Waals surface area contributed by atoms with E-state index < -0.39 is 23.6 Å². The molecule has 0 N–H and O–H groups in total. The van der Waals surface area contributed by atoms with Gasteiger partial charge in [0.15, 0.2) is 0 Å². The van der Waals surface area contributed by atoms with Crippen molar-refractivity contribution in [3.63, 3.8) is 0 Å². The SMILES string of the molecule is CC(C)(C)OC(=O)N1CC(c2ccc3ccccc3c2)C(=O)O1. The molecule has 23 heavy (non-hydrogen) atoms. The lowest BCUT2D eigenvalue weighted by molar-refractivity contribution is -0.166. The molecule has 2 aromatic rings. The lowest BCUT2D eigenvalue weighted by Gasteiger charge is -2.22. The third-order valence-electron chi connectivity index (χ3n) is 3.61. The summed E-state index contributed by atoms with van der Waals surface area (Å²) in [5.41, 5.74) is 0.199. The van der Waals surface area contributed by atoms with Gasteiger partial charge in [-0.2, -0.15) is 0 Å². The Morgan fingerprint density at radius 2 is 1.87 bits per heavy atom. The number of carbonyl (C=O) groups excluding carboxylic acids is 2. The molecule has 1 fully saturated rings. The zero-order valence-electron chi connectivity index (χ0n) is 13.4. The molecule has 1 atom stereocenters. The van der Waals surface area contributed by atoms with E-state index in [4.69, 9.17) is 9.57 Å². The van der Waals surface area contributed by atoms with Crippen molar-refractivity contribution < 1.29 is 19.2 Å². The summed E-state index contributed by atoms with van der Waals surface area (Å²) in [7, 11) is 0. The second-order valence-corrected chi connectivity index (χ2v) is 6.61. The van der Waals surface area contributed by atoms with Crippen molar-refractivity contribution in [1.29, 1.82) is 0 Å². The number of hydrogen-bond donors (Lipinski definition) is 0. The Balaban J connectivity index is 1.80. The number of amides is 1. The van der Waals surface area contributed by atoms with Gasteiger partial charge in [-0.25, -0.2) is 9.59 Å². The maximum absolute atomic E-state index is 12.1. The number of hydroxylamine groups is 2. The lowest BCUT2D eigenvalue weighted by atomic mass is 9.97. The molecule has 0 saturated carbocycles. The normalized spacial score (nSPS) is 18.1. The Kier molecular flexibility index (Phi) is 3.72. The van der Waals surface area contributed by atoms with Crippen molar-refractivity contribution in [1.82, 2.24) is 5.06 Å². The number of nitrogens with zero attached hydrogens (tertiary/aromatic N) is 1. The van der Waals surface area contributed by atoms with Gasteiger partial charge in [-0.1, -0.05) is 42.5 Å². The molecular weight excluding hydrogens is 294 g/mol. The highest BCUT2D eigenvalue weighted by Gasteiger charge is 2.39. The number of carbonyl (C=O) groups is 2. The number of fused-ring (bicyclic) bond motifs is 1. The van der Waals surface area contributed by atoms with Crippen molar-refractivity contribution >= 4 is 22.8 Å². The first-order chi connectivity index (χ1) is 10.8. The van der Waals surface area contributed by atoms with Gasteiger partial charge >= 0.3 is 12.1 Å². The molecule has 0 aromatic heterocycles. The highest BCUT2D eigenvalue weighted by Crippen LogP contribution is 2.29. The molecular formula is C18H19NO4. The molecule has 1 amide bonds. The molecule has 1 aliphatic heterocycles. The molecule has 120 valence electrons. The van der Waals surface area contributed by atoms with E-state index in [1.165, 1.54) is 0 Å². The molecule has 0 spiro atoms. The highest BCUT2D eigenvalue weighted by atomic mass is 16.8. The molecule has 0 bridgehead atoms. The number of benzene rings is 2. The molecule has 3 rings (SSSR count). The van der Waals surface area contributed by atoms with Crippen LogP contribution in [0.15, 0.2) is 42.5 Å². The van der Waals surface area contributed by atoms with Crippen LogP contribution in [0.25, 0.3) is 10.8 Å². The standard InChI is InChI=1S/C18H19NO4/c1-18(2,3)22-17(21)19-11-15(16(20)23-19)14-9-8-12-6-4-5-7-13(12)10-14/h4-10,15H,11H2,1-3H3. The summed E-state index contributed by atoms with van der Waals surface area (Å²) in [4.78, 5) is 29.2. The van der Waals surface area contributed by atoms with Crippen LogP contribution < -0.4 is 0 Å². The van der Waals surface area contributed by atoms with Crippen LogP contribution in [0.1, 0.15) is 32.3 Å². The largest absolute Gasteiger partial charge is 0.443 e. The lowest BCUT2D eigenvalue weighted by Crippen LogP contribution is -2.34. The zero-order chi connectivity index (χ0) is 16.6. The highest BCUT2D eigenvalue weighted by molar-refractivity contribution is 5.87. The third-order valence-corrected chi connectivity index (χ3v) is 3.61. The fourth-order valence-corrected chi connectivity index (χ4v) is 2.54. The van der Waals surface area contributed by atoms with Gasteiger partial charge in [0.1, 0.15) is 11.5 Å². The molecule has 0 aliphatic carbocycles. The van der Waals surface area contributed by atoms with Crippen LogP contribution in [0.5, 0.6) is 0 Å². The monoisotopic (exact) mass is 313 g/mol. The minimum absolute atomic E-state index is 0.159. The van der Waals surface area contributed by atoms with Gasteiger partial charge in [0.05, 0.1) is 6.54 Å². The predicted molar refractivity (Wildman–Crippen MR) is 85.7 cm³/mol. The zero-order valence-corrected chi connectivity index (χ0v) is 13.4. The topological polar surface area (TPSA) is 55.8 Å². The van der Waals surface area contributed by atoms with Crippen molar-refractivity contribution in [2.75, 3.05) is 6.54 Å². The van der Waals surface area contributed by atoms with Crippen LogP contribution in [0.2, 0.25) is 0 Å². The van der Waals surface area contributed by atoms with Crippen LogP contribution >= 0.6 is 0 Å². The summed E-state index contributed by atoms with van der Waals surface area (Å²) in [6.07, 6.45) is -0.644. The minimum atomic E-state index is -0.644. The maximum Gasteiger partial charge on any atom is 0.443 e. The van der Waals surface area contributed by atoms with Crippen LogP contribution in [0.4, 0.5) is 4.79 Å². The minimum Gasteiger partial charge on any atom is -0.442 e. The summed E-state index contributed by atoms with van der Waals surface area (Å²) in [6.45, 7) is 5.46. The molecule has 5 heteroatoms. The molecule has 1 heterocycles. The molecule has 1 unspecified atom stereocenters. The Bertz CT molecular complexity index is 763. The van der Waals surface area contributed by atoms with Gasteiger partial charge in [0.2, 0.25) is 0 Å². The van der Waals surface area contributed by atoms with E-state index in [1.807, 2.05) is 42.5 Å². The maximum atomic E-state index is 12.1. The van der Waals surface area contributed by atoms with Crippen LogP contribution in [-0.2, 0) is 14.4 Å². The molecule has 1 saturated heterocycles. The van der Waals surface area contributed by atoms with Gasteiger partial charge < -0.3 is 9.57 Å². The fourth-order valence-electron chi connectivity index (χ4n) is 2.54. The van der Waals surface area contributed by atoms with Gasteiger partial charge in [-0.05, 0) is 37.1 Å². The Morgan fingerprint density at radius 1 is 1.17 bits per heavy atom. The first kappa shape index (κ1) is 15.3. The van der Waals surface area contributed by atoms with Crippen molar-refractivity contribution in [3.05, 3.63) is 48.0 Å². The van der Waals surface area contributed by atoms with Crippen molar-refractivity contribution in [2.45, 2.75) is 32.3 Å². The van der Waals surface area contributed by atoms with E-state index in [-0.39, 0.29) is 6.54 Å². The summed E-state index contributed by atoms with van der Waals surface area (Å²) < 4.78 is 5.23. The van der Waals surface area contributed by atoms with E-state index in [1.54, 1.807) is 20.8 Å². The summed E-state index contributed by atoms with van der Waals surface area (Å²) >= 11 is 0. The van der Waals surface area contributed by atoms with E-state index in [0.29, 0.717) is 0 Å². The van der Waals surface area contributed by atoms with Gasteiger partial charge in [0.25, 0.3) is 0 Å². The van der Waals surface area contributed by atoms with Gasteiger partial charge in [-0.15, -0.1) is 5.06 Å². The average Bonchev–Trinajstić information content (AvgIpc) is 2.87. The Morgan fingerprint density at radius 3 is 2.57 bits per heavy atom. The van der Waals surface area contributed by atoms with Crippen LogP contribution in [0.3, 0.4) is 0 Å². The van der Waals surface area contributed by atoms with Crippen LogP contribution in [-0.4, -0.2) is 29.3 Å². The number of hydrogen-bond acceptors (Lipinski definition) is 4. The average molecular weight is 313 g/mol. The summed E-state index contributed by atoms with van der Waals surface area (Å²) in [5.74, 6) is -0.932. The molecule has 1 aliphatic rings.